The van der Waals surface area contributed by atoms with Crippen LogP contribution in [0.2, 0.25) is 0 Å². The number of ether oxygens (including phenoxy) is 2. The molecular formula is C15H26O3. The van der Waals surface area contributed by atoms with Crippen LogP contribution < -0.4 is 0 Å². The lowest BCUT2D eigenvalue weighted by molar-refractivity contribution is -0.150. The molecule has 0 spiro atoms. The number of fused-ring (bicyclic) bond motifs is 1. The lowest BCUT2D eigenvalue weighted by Gasteiger charge is -2.23. The molecule has 1 saturated carbocycles. The van der Waals surface area contributed by atoms with E-state index in [-0.39, 0.29) is 17.3 Å². The van der Waals surface area contributed by atoms with E-state index in [0.717, 1.165) is 25.7 Å². The second-order valence-electron chi connectivity index (χ2n) is 7.19. The third-order valence-electron chi connectivity index (χ3n) is 3.89. The van der Waals surface area contributed by atoms with Crippen LogP contribution in [0.3, 0.4) is 0 Å². The van der Waals surface area contributed by atoms with Crippen LogP contribution in [0.5, 0.6) is 0 Å². The number of hydrogen-bond acceptors (Lipinski definition) is 3. The first-order valence-corrected chi connectivity index (χ1v) is 7.17. The molecule has 0 N–H and O–H groups in total. The highest BCUT2D eigenvalue weighted by Crippen LogP contribution is 2.39. The summed E-state index contributed by atoms with van der Waals surface area (Å²) in [5.74, 6) is 0.474. The molecule has 3 heteroatoms. The van der Waals surface area contributed by atoms with Gasteiger partial charge in [0.15, 0.2) is 0 Å². The maximum atomic E-state index is 11.9. The fraction of sp³-hybridized carbons (Fsp3) is 0.933. The molecule has 4 atom stereocenters. The van der Waals surface area contributed by atoms with Crippen molar-refractivity contribution in [1.29, 1.82) is 0 Å². The van der Waals surface area contributed by atoms with E-state index in [4.69, 9.17) is 9.47 Å². The Morgan fingerprint density at radius 1 is 1.33 bits per heavy atom. The van der Waals surface area contributed by atoms with Crippen molar-refractivity contribution in [1.82, 2.24) is 0 Å². The molecule has 18 heavy (non-hydrogen) atoms. The second kappa shape index (κ2) is 5.20. The molecule has 1 heterocycles. The van der Waals surface area contributed by atoms with Gasteiger partial charge in [0.25, 0.3) is 0 Å². The zero-order valence-electron chi connectivity index (χ0n) is 12.1. The summed E-state index contributed by atoms with van der Waals surface area (Å²) in [5.41, 5.74) is 0.179. The predicted octanol–water partition coefficient (Wildman–Crippen LogP) is 3.17. The molecule has 0 amide bonds. The Hall–Kier alpha value is -0.570. The fourth-order valence-electron chi connectivity index (χ4n) is 2.98. The fourth-order valence-corrected chi connectivity index (χ4v) is 2.98. The number of hydrogen-bond donors (Lipinski definition) is 0. The van der Waals surface area contributed by atoms with Crippen molar-refractivity contribution >= 4 is 5.97 Å². The van der Waals surface area contributed by atoms with Gasteiger partial charge in [-0.25, -0.2) is 0 Å². The molecule has 0 bridgehead atoms. The summed E-state index contributed by atoms with van der Waals surface area (Å²) >= 11 is 0. The van der Waals surface area contributed by atoms with E-state index < -0.39 is 0 Å². The Balaban J connectivity index is 1.67. The molecule has 0 aromatic heterocycles. The quantitative estimate of drug-likeness (QED) is 0.571. The van der Waals surface area contributed by atoms with Crippen molar-refractivity contribution in [2.75, 3.05) is 6.61 Å². The van der Waals surface area contributed by atoms with Gasteiger partial charge >= 0.3 is 5.97 Å². The van der Waals surface area contributed by atoms with Gasteiger partial charge in [-0.15, -0.1) is 0 Å². The molecule has 0 radical (unpaired) electrons. The largest absolute Gasteiger partial charge is 0.465 e. The van der Waals surface area contributed by atoms with E-state index in [9.17, 15) is 4.79 Å². The molecule has 2 aliphatic rings. The molecule has 4 unspecified atom stereocenters. The van der Waals surface area contributed by atoms with Gasteiger partial charge in [-0.1, -0.05) is 27.7 Å². The topological polar surface area (TPSA) is 38.8 Å². The Bertz CT molecular complexity index is 305. The Morgan fingerprint density at radius 3 is 2.67 bits per heavy atom. The number of esters is 1. The minimum absolute atomic E-state index is 0.00138. The number of carbonyl (C=O) groups is 1. The van der Waals surface area contributed by atoms with Gasteiger partial charge < -0.3 is 9.47 Å². The number of rotatable bonds is 4. The number of epoxide rings is 1. The molecule has 1 aliphatic carbocycles. The summed E-state index contributed by atoms with van der Waals surface area (Å²) < 4.78 is 10.9. The van der Waals surface area contributed by atoms with E-state index in [1.54, 1.807) is 0 Å². The summed E-state index contributed by atoms with van der Waals surface area (Å²) in [5, 5.41) is 0. The van der Waals surface area contributed by atoms with Crippen LogP contribution in [-0.2, 0) is 14.3 Å². The molecule has 0 aromatic rings. The molecule has 2 fully saturated rings. The van der Waals surface area contributed by atoms with E-state index in [1.807, 2.05) is 6.92 Å². The molecule has 1 aliphatic heterocycles. The minimum Gasteiger partial charge on any atom is -0.465 e. The van der Waals surface area contributed by atoms with E-state index in [0.29, 0.717) is 24.7 Å². The smallest absolute Gasteiger partial charge is 0.308 e. The lowest BCUT2D eigenvalue weighted by Crippen LogP contribution is -2.25. The van der Waals surface area contributed by atoms with E-state index in [2.05, 4.69) is 20.8 Å². The summed E-state index contributed by atoms with van der Waals surface area (Å²) in [6, 6.07) is 0. The van der Waals surface area contributed by atoms with Crippen LogP contribution in [0, 0.1) is 17.3 Å². The van der Waals surface area contributed by atoms with Crippen LogP contribution >= 0.6 is 0 Å². The average Bonchev–Trinajstić information content (AvgIpc) is 3.01. The van der Waals surface area contributed by atoms with Crippen molar-refractivity contribution < 1.29 is 14.3 Å². The van der Waals surface area contributed by atoms with Gasteiger partial charge in [0, 0.05) is 0 Å². The van der Waals surface area contributed by atoms with Gasteiger partial charge in [0.05, 0.1) is 24.7 Å². The molecule has 0 aromatic carbocycles. The van der Waals surface area contributed by atoms with Crippen molar-refractivity contribution in [3.63, 3.8) is 0 Å². The maximum Gasteiger partial charge on any atom is 0.308 e. The summed E-state index contributed by atoms with van der Waals surface area (Å²) in [6.45, 7) is 9.02. The molecule has 3 nitrogen and oxygen atoms in total. The van der Waals surface area contributed by atoms with Crippen LogP contribution in [0.25, 0.3) is 0 Å². The van der Waals surface area contributed by atoms with Gasteiger partial charge in [-0.05, 0) is 37.0 Å². The van der Waals surface area contributed by atoms with Crippen LogP contribution in [0.1, 0.15) is 53.4 Å². The Labute approximate surface area is 110 Å². The second-order valence-corrected chi connectivity index (χ2v) is 7.19. The lowest BCUT2D eigenvalue weighted by atomic mass is 9.85. The summed E-state index contributed by atoms with van der Waals surface area (Å²) in [6.07, 6.45) is 5.23. The average molecular weight is 254 g/mol. The molecular weight excluding hydrogens is 228 g/mol. The van der Waals surface area contributed by atoms with Crippen molar-refractivity contribution in [3.8, 4) is 0 Å². The van der Waals surface area contributed by atoms with Crippen LogP contribution in [0.4, 0.5) is 0 Å². The van der Waals surface area contributed by atoms with E-state index in [1.165, 1.54) is 0 Å². The van der Waals surface area contributed by atoms with Gasteiger partial charge in [-0.2, -0.15) is 0 Å². The number of carbonyl (C=O) groups excluding carboxylic acids is 1. The van der Waals surface area contributed by atoms with Crippen molar-refractivity contribution in [3.05, 3.63) is 0 Å². The summed E-state index contributed by atoms with van der Waals surface area (Å²) in [4.78, 5) is 11.9. The van der Waals surface area contributed by atoms with E-state index >= 15 is 0 Å². The highest BCUT2D eigenvalue weighted by Gasteiger charge is 2.44. The van der Waals surface area contributed by atoms with Gasteiger partial charge in [-0.3, -0.25) is 4.79 Å². The van der Waals surface area contributed by atoms with Crippen molar-refractivity contribution in [2.45, 2.75) is 65.6 Å². The van der Waals surface area contributed by atoms with Crippen LogP contribution in [-0.4, -0.2) is 24.8 Å². The SMILES string of the molecule is CC(CC(C)(C)C)C(=O)OCC1CCC2OC2C1. The molecule has 2 rings (SSSR count). The zero-order chi connectivity index (χ0) is 13.3. The first kappa shape index (κ1) is 13.9. The standard InChI is InChI=1S/C15H26O3/c1-10(8-15(2,3)4)14(16)17-9-11-5-6-12-13(7-11)18-12/h10-13H,5-9H2,1-4H3. The minimum atomic E-state index is -0.0382. The highest BCUT2D eigenvalue weighted by atomic mass is 16.6. The first-order valence-electron chi connectivity index (χ1n) is 7.17. The maximum absolute atomic E-state index is 11.9. The normalized spacial score (nSPS) is 32.6. The highest BCUT2D eigenvalue weighted by molar-refractivity contribution is 5.72. The zero-order valence-corrected chi connectivity index (χ0v) is 12.1. The summed E-state index contributed by atoms with van der Waals surface area (Å²) in [7, 11) is 0. The molecule has 104 valence electrons. The van der Waals surface area contributed by atoms with Gasteiger partial charge in [0.2, 0.25) is 0 Å². The van der Waals surface area contributed by atoms with Gasteiger partial charge in [0.1, 0.15) is 0 Å². The monoisotopic (exact) mass is 254 g/mol. The third-order valence-corrected chi connectivity index (χ3v) is 3.89. The first-order chi connectivity index (χ1) is 8.35. The molecule has 1 saturated heterocycles. The Morgan fingerprint density at radius 2 is 2.06 bits per heavy atom. The van der Waals surface area contributed by atoms with Crippen molar-refractivity contribution in [2.24, 2.45) is 17.3 Å². The predicted molar refractivity (Wildman–Crippen MR) is 70.2 cm³/mol. The third kappa shape index (κ3) is 3.98. The van der Waals surface area contributed by atoms with Crippen LogP contribution in [0.15, 0.2) is 0 Å². The Kier molecular flexibility index (Phi) is 4.00.